The molecule has 0 radical (unpaired) electrons. The summed E-state index contributed by atoms with van der Waals surface area (Å²) in [5.74, 6) is -2.21. The van der Waals surface area contributed by atoms with Crippen LogP contribution in [0.15, 0.2) is 82.5 Å². The van der Waals surface area contributed by atoms with E-state index in [2.05, 4.69) is 0 Å². The number of Topliss-reactive ketones (excluding diaryl/α,β-unsaturated/α-hetero) is 2. The number of nitrogens with one attached hydrogen (secondary N) is 1. The number of carbonyl (C=O) groups is 2. The van der Waals surface area contributed by atoms with Crippen molar-refractivity contribution in [1.29, 1.82) is 0 Å². The normalized spacial score (nSPS) is 26.8. The third-order valence-corrected chi connectivity index (χ3v) is 5.73. The Kier molecular flexibility index (Phi) is 5.68. The van der Waals surface area contributed by atoms with Crippen molar-refractivity contribution >= 4 is 11.6 Å². The fourth-order valence-corrected chi connectivity index (χ4v) is 4.06. The Morgan fingerprint density at radius 3 is 1.88 bits per heavy atom. The Labute approximate surface area is 186 Å². The van der Waals surface area contributed by atoms with Crippen LogP contribution >= 0.6 is 0 Å². The summed E-state index contributed by atoms with van der Waals surface area (Å²) in [6, 6.07) is 15.7. The summed E-state index contributed by atoms with van der Waals surface area (Å²) in [5, 5.41) is 33.5. The molecule has 10 heteroatoms. The average Bonchev–Trinajstić information content (AvgIpc) is 3.07. The number of hydrogen-bond acceptors (Lipinski definition) is 8. The van der Waals surface area contributed by atoms with E-state index in [4.69, 9.17) is 4.74 Å². The van der Waals surface area contributed by atoms with Crippen LogP contribution in [0.25, 0.3) is 0 Å². The second kappa shape index (κ2) is 8.34. The molecule has 1 aliphatic heterocycles. The minimum atomic E-state index is -3.06. The van der Waals surface area contributed by atoms with Crippen molar-refractivity contribution in [2.75, 3.05) is 6.61 Å². The van der Waals surface area contributed by atoms with Gasteiger partial charge in [-0.3, -0.25) is 23.9 Å². The molecule has 4 N–H and O–H groups in total. The zero-order valence-electron chi connectivity index (χ0n) is 17.1. The van der Waals surface area contributed by atoms with Crippen LogP contribution in [0.4, 0.5) is 0 Å². The van der Waals surface area contributed by atoms with Gasteiger partial charge in [0.1, 0.15) is 6.10 Å². The molecule has 1 fully saturated rings. The number of aromatic nitrogens is 2. The molecule has 170 valence electrons. The van der Waals surface area contributed by atoms with E-state index in [9.17, 15) is 34.5 Å². The van der Waals surface area contributed by atoms with E-state index >= 15 is 0 Å². The number of nitrogens with zero attached hydrogens (tertiary/aromatic N) is 1. The molecule has 4 atom stereocenters. The maximum Gasteiger partial charge on any atom is 0.330 e. The first-order chi connectivity index (χ1) is 15.7. The molecule has 0 bridgehead atoms. The Hall–Kier alpha value is -3.70. The topological polar surface area (TPSA) is 159 Å². The average molecular weight is 452 g/mol. The van der Waals surface area contributed by atoms with Crippen LogP contribution in [0.1, 0.15) is 26.9 Å². The molecular weight excluding hydrogens is 432 g/mol. The van der Waals surface area contributed by atoms with Gasteiger partial charge in [0, 0.05) is 23.4 Å². The van der Waals surface area contributed by atoms with Gasteiger partial charge < -0.3 is 20.1 Å². The van der Waals surface area contributed by atoms with Crippen LogP contribution < -0.4 is 11.2 Å². The largest absolute Gasteiger partial charge is 0.394 e. The number of ketones is 2. The van der Waals surface area contributed by atoms with Crippen molar-refractivity contribution < 1.29 is 29.6 Å². The van der Waals surface area contributed by atoms with Gasteiger partial charge in [0.2, 0.25) is 17.2 Å². The Balaban J connectivity index is 1.99. The molecule has 3 aromatic rings. The highest BCUT2D eigenvalue weighted by Crippen LogP contribution is 2.48. The molecule has 2 heterocycles. The van der Waals surface area contributed by atoms with Gasteiger partial charge in [-0.2, -0.15) is 0 Å². The van der Waals surface area contributed by atoms with Crippen LogP contribution in [0.3, 0.4) is 0 Å². The molecule has 10 nitrogen and oxygen atoms in total. The number of aliphatic hydroxyl groups excluding tert-OH is 1. The third kappa shape index (κ3) is 3.36. The summed E-state index contributed by atoms with van der Waals surface area (Å²) >= 11 is 0. The van der Waals surface area contributed by atoms with E-state index in [0.29, 0.717) is 4.57 Å². The fraction of sp³-hybridized carbons (Fsp3) is 0.217. The van der Waals surface area contributed by atoms with Gasteiger partial charge in [-0.15, -0.1) is 0 Å². The van der Waals surface area contributed by atoms with E-state index in [-0.39, 0.29) is 11.1 Å². The van der Waals surface area contributed by atoms with Crippen molar-refractivity contribution in [1.82, 2.24) is 9.55 Å². The molecule has 0 amide bonds. The molecule has 33 heavy (non-hydrogen) atoms. The molecule has 0 saturated carbocycles. The van der Waals surface area contributed by atoms with Gasteiger partial charge in [0.15, 0.2) is 11.8 Å². The second-order valence-corrected chi connectivity index (χ2v) is 7.60. The third-order valence-electron chi connectivity index (χ3n) is 5.73. The molecular formula is C23H20N2O8. The van der Waals surface area contributed by atoms with E-state index < -0.39 is 53.0 Å². The van der Waals surface area contributed by atoms with Crippen molar-refractivity contribution in [2.45, 2.75) is 23.5 Å². The maximum atomic E-state index is 13.6. The van der Waals surface area contributed by atoms with Crippen LogP contribution in [0, 0.1) is 0 Å². The van der Waals surface area contributed by atoms with Gasteiger partial charge in [-0.25, -0.2) is 4.79 Å². The molecule has 0 aliphatic carbocycles. The maximum absolute atomic E-state index is 13.6. The lowest BCUT2D eigenvalue weighted by molar-refractivity contribution is -0.106. The molecule has 1 saturated heterocycles. The first-order valence-corrected chi connectivity index (χ1v) is 9.97. The smallest absolute Gasteiger partial charge is 0.330 e. The first-order valence-electron chi connectivity index (χ1n) is 9.97. The van der Waals surface area contributed by atoms with E-state index in [1.54, 1.807) is 12.1 Å². The minimum Gasteiger partial charge on any atom is -0.394 e. The number of ether oxygens (including phenoxy) is 1. The number of benzene rings is 2. The quantitative estimate of drug-likeness (QED) is 0.370. The van der Waals surface area contributed by atoms with E-state index in [0.717, 1.165) is 12.3 Å². The highest BCUT2D eigenvalue weighted by atomic mass is 16.6. The number of aliphatic hydroxyl groups is 3. The van der Waals surface area contributed by atoms with Gasteiger partial charge in [0.05, 0.1) is 6.61 Å². The van der Waals surface area contributed by atoms with Crippen LogP contribution in [-0.4, -0.2) is 60.4 Å². The summed E-state index contributed by atoms with van der Waals surface area (Å²) < 4.78 is 6.26. The summed E-state index contributed by atoms with van der Waals surface area (Å²) in [7, 11) is 0. The van der Waals surface area contributed by atoms with Crippen LogP contribution in [0.5, 0.6) is 0 Å². The zero-order chi connectivity index (χ0) is 23.8. The van der Waals surface area contributed by atoms with E-state index in [1.165, 1.54) is 48.5 Å². The van der Waals surface area contributed by atoms with Gasteiger partial charge in [-0.05, 0) is 0 Å². The van der Waals surface area contributed by atoms with Crippen molar-refractivity contribution in [3.05, 3.63) is 105 Å². The number of rotatable bonds is 6. The lowest BCUT2D eigenvalue weighted by Crippen LogP contribution is -2.67. The zero-order valence-corrected chi connectivity index (χ0v) is 17.1. The molecule has 1 aromatic heterocycles. The Morgan fingerprint density at radius 1 is 0.879 bits per heavy atom. The Bertz CT molecular complexity index is 1300. The minimum absolute atomic E-state index is 0.0594. The van der Waals surface area contributed by atoms with Crippen molar-refractivity contribution in [3.8, 4) is 0 Å². The molecule has 1 aliphatic rings. The van der Waals surface area contributed by atoms with Gasteiger partial charge in [0.25, 0.3) is 5.56 Å². The SMILES string of the molecule is O=C(c1ccccc1)[C@@]1(O)[C@@H](CO)O[C@@H](n2ccc(=O)[nH]c2=O)[C@@]1(O)C(=O)c1ccccc1. The lowest BCUT2D eigenvalue weighted by atomic mass is 9.71. The van der Waals surface area contributed by atoms with E-state index in [1.807, 2.05) is 4.98 Å². The second-order valence-electron chi connectivity index (χ2n) is 7.60. The molecule has 0 unspecified atom stereocenters. The molecule has 4 rings (SSSR count). The van der Waals surface area contributed by atoms with Crippen LogP contribution in [0.2, 0.25) is 0 Å². The lowest BCUT2D eigenvalue weighted by Gasteiger charge is -2.38. The fourth-order valence-electron chi connectivity index (χ4n) is 4.06. The monoisotopic (exact) mass is 452 g/mol. The summed E-state index contributed by atoms with van der Waals surface area (Å²) in [5.41, 5.74) is -7.99. The highest BCUT2D eigenvalue weighted by molar-refractivity contribution is 6.13. The first kappa shape index (κ1) is 22.5. The standard InChI is InChI=1S/C23H20N2O8/c26-13-16-22(31,18(28)14-7-3-1-4-8-14)23(32,19(29)15-9-5-2-6-10-15)20(33-16)25-12-11-17(27)24-21(25)30/h1-12,16,20,26,31-32H,13H2,(H,24,27,30)/t16-,20-,22+,23+/m1/s1. The van der Waals surface area contributed by atoms with Gasteiger partial charge >= 0.3 is 5.69 Å². The number of H-pyrrole nitrogens is 1. The highest BCUT2D eigenvalue weighted by Gasteiger charge is 2.73. The van der Waals surface area contributed by atoms with Gasteiger partial charge in [-0.1, -0.05) is 60.7 Å². The van der Waals surface area contributed by atoms with Crippen molar-refractivity contribution in [2.24, 2.45) is 0 Å². The number of hydrogen-bond donors (Lipinski definition) is 4. The summed E-state index contributed by atoms with van der Waals surface area (Å²) in [4.78, 5) is 53.1. The van der Waals surface area contributed by atoms with Crippen LogP contribution in [-0.2, 0) is 4.74 Å². The summed E-state index contributed by atoms with van der Waals surface area (Å²) in [6.07, 6.45) is -2.78. The van der Waals surface area contributed by atoms with Crippen molar-refractivity contribution in [3.63, 3.8) is 0 Å². The number of aromatic amines is 1. The Morgan fingerprint density at radius 2 is 1.39 bits per heavy atom. The molecule has 2 aromatic carbocycles. The predicted octanol–water partition coefficient (Wildman–Crippen LogP) is -0.346. The predicted molar refractivity (Wildman–Crippen MR) is 114 cm³/mol. The number of carbonyl (C=O) groups excluding carboxylic acids is 2. The summed E-state index contributed by atoms with van der Waals surface area (Å²) in [6.45, 7) is -0.964. The molecule has 0 spiro atoms.